The fraction of sp³-hybridized carbons (Fsp3) is 0.417. The maximum Gasteiger partial charge on any atom is 0.154 e. The first-order valence-corrected chi connectivity index (χ1v) is 7.24. The van der Waals surface area contributed by atoms with Gasteiger partial charge in [-0.25, -0.2) is 8.42 Å². The monoisotopic (exact) mass is 269 g/mol. The molecule has 0 saturated carbocycles. The van der Waals surface area contributed by atoms with Gasteiger partial charge in [0.2, 0.25) is 0 Å². The van der Waals surface area contributed by atoms with Crippen molar-refractivity contribution in [3.8, 4) is 17.6 Å². The van der Waals surface area contributed by atoms with Gasteiger partial charge in [0, 0.05) is 6.42 Å². The molecular formula is C12H15NO4S. The molecule has 6 heteroatoms. The van der Waals surface area contributed by atoms with Crippen LogP contribution in [0.25, 0.3) is 0 Å². The molecule has 0 saturated heterocycles. The SMILES string of the molecule is COc1ccc(OCCS(=O)(=O)CCC#N)cc1. The number of nitriles is 1. The Morgan fingerprint density at radius 2 is 1.78 bits per heavy atom. The van der Waals surface area contributed by atoms with Gasteiger partial charge >= 0.3 is 0 Å². The second-order valence-corrected chi connectivity index (χ2v) is 5.89. The predicted octanol–water partition coefficient (Wildman–Crippen LogP) is 1.40. The van der Waals surface area contributed by atoms with E-state index in [0.29, 0.717) is 11.5 Å². The summed E-state index contributed by atoms with van der Waals surface area (Å²) in [6.07, 6.45) is 0.0187. The number of nitrogens with zero attached hydrogens (tertiary/aromatic N) is 1. The number of benzene rings is 1. The number of sulfone groups is 1. The maximum atomic E-state index is 11.4. The molecule has 5 nitrogen and oxygen atoms in total. The van der Waals surface area contributed by atoms with E-state index in [9.17, 15) is 8.42 Å². The Balaban J connectivity index is 2.39. The summed E-state index contributed by atoms with van der Waals surface area (Å²) in [4.78, 5) is 0. The molecule has 0 amide bonds. The molecule has 0 aliphatic heterocycles. The average Bonchev–Trinajstić information content (AvgIpc) is 2.37. The smallest absolute Gasteiger partial charge is 0.154 e. The van der Waals surface area contributed by atoms with Crippen LogP contribution in [0.3, 0.4) is 0 Å². The van der Waals surface area contributed by atoms with Gasteiger partial charge < -0.3 is 9.47 Å². The van der Waals surface area contributed by atoms with Crippen molar-refractivity contribution >= 4 is 9.84 Å². The Morgan fingerprint density at radius 3 is 2.33 bits per heavy atom. The van der Waals surface area contributed by atoms with Crippen LogP contribution in [0.4, 0.5) is 0 Å². The molecule has 1 aromatic rings. The van der Waals surface area contributed by atoms with Crippen molar-refractivity contribution in [3.05, 3.63) is 24.3 Å². The van der Waals surface area contributed by atoms with E-state index in [1.807, 2.05) is 6.07 Å². The van der Waals surface area contributed by atoms with E-state index in [4.69, 9.17) is 14.7 Å². The number of methoxy groups -OCH3 is 1. The highest BCUT2D eigenvalue weighted by atomic mass is 32.2. The van der Waals surface area contributed by atoms with Gasteiger partial charge in [0.25, 0.3) is 0 Å². The van der Waals surface area contributed by atoms with Gasteiger partial charge in [0.05, 0.1) is 24.7 Å². The van der Waals surface area contributed by atoms with Gasteiger partial charge in [-0.2, -0.15) is 5.26 Å². The first-order valence-electron chi connectivity index (χ1n) is 5.41. The standard InChI is InChI=1S/C12H15NO4S/c1-16-11-3-5-12(6-4-11)17-8-10-18(14,15)9-2-7-13/h3-6H,2,8-10H2,1H3. The Hall–Kier alpha value is -1.74. The van der Waals surface area contributed by atoms with Gasteiger partial charge in [-0.15, -0.1) is 0 Å². The summed E-state index contributed by atoms with van der Waals surface area (Å²) in [5.41, 5.74) is 0. The Kier molecular flexibility index (Phi) is 5.46. The largest absolute Gasteiger partial charge is 0.497 e. The zero-order chi connectivity index (χ0) is 13.4. The quantitative estimate of drug-likeness (QED) is 0.748. The molecular weight excluding hydrogens is 254 g/mol. The number of hydrogen-bond acceptors (Lipinski definition) is 5. The third-order valence-electron chi connectivity index (χ3n) is 2.25. The number of rotatable bonds is 7. The predicted molar refractivity (Wildman–Crippen MR) is 67.4 cm³/mol. The number of hydrogen-bond donors (Lipinski definition) is 0. The average molecular weight is 269 g/mol. The van der Waals surface area contributed by atoms with Crippen LogP contribution in [0.2, 0.25) is 0 Å². The zero-order valence-electron chi connectivity index (χ0n) is 10.1. The zero-order valence-corrected chi connectivity index (χ0v) is 10.9. The Morgan fingerprint density at radius 1 is 1.17 bits per heavy atom. The maximum absolute atomic E-state index is 11.4. The third-order valence-corrected chi connectivity index (χ3v) is 3.86. The molecule has 0 spiro atoms. The molecule has 0 radical (unpaired) electrons. The minimum Gasteiger partial charge on any atom is -0.497 e. The molecule has 0 bridgehead atoms. The lowest BCUT2D eigenvalue weighted by atomic mass is 10.3. The van der Waals surface area contributed by atoms with Crippen LogP contribution in [0.1, 0.15) is 6.42 Å². The van der Waals surface area contributed by atoms with Crippen LogP contribution in [0.5, 0.6) is 11.5 Å². The Labute approximate surface area is 107 Å². The summed E-state index contributed by atoms with van der Waals surface area (Å²) in [6, 6.07) is 8.70. The van der Waals surface area contributed by atoms with Crippen molar-refractivity contribution in [1.29, 1.82) is 5.26 Å². The van der Waals surface area contributed by atoms with Crippen LogP contribution in [0.15, 0.2) is 24.3 Å². The van der Waals surface area contributed by atoms with E-state index in [1.54, 1.807) is 31.4 Å². The summed E-state index contributed by atoms with van der Waals surface area (Å²) in [7, 11) is -1.63. The third kappa shape index (κ3) is 5.06. The normalized spacial score (nSPS) is 10.7. The van der Waals surface area contributed by atoms with Crippen LogP contribution < -0.4 is 9.47 Å². The van der Waals surface area contributed by atoms with Crippen molar-refractivity contribution in [2.24, 2.45) is 0 Å². The van der Waals surface area contributed by atoms with Crippen LogP contribution >= 0.6 is 0 Å². The molecule has 0 N–H and O–H groups in total. The minimum absolute atomic E-state index is 0.0187. The van der Waals surface area contributed by atoms with Crippen molar-refractivity contribution in [2.75, 3.05) is 25.2 Å². The highest BCUT2D eigenvalue weighted by Crippen LogP contribution is 2.16. The first-order chi connectivity index (χ1) is 8.57. The molecule has 1 aromatic carbocycles. The summed E-state index contributed by atoms with van der Waals surface area (Å²) in [5, 5.41) is 8.32. The van der Waals surface area contributed by atoms with E-state index < -0.39 is 9.84 Å². The summed E-state index contributed by atoms with van der Waals surface area (Å²) < 4.78 is 33.2. The van der Waals surface area contributed by atoms with Gasteiger partial charge in [0.1, 0.15) is 18.1 Å². The molecule has 0 fully saturated rings. The molecule has 0 aliphatic carbocycles. The highest BCUT2D eigenvalue weighted by Gasteiger charge is 2.10. The second-order valence-electron chi connectivity index (χ2n) is 3.58. The van der Waals surface area contributed by atoms with Crippen molar-refractivity contribution in [2.45, 2.75) is 6.42 Å². The first kappa shape index (κ1) is 14.3. The van der Waals surface area contributed by atoms with E-state index in [2.05, 4.69) is 0 Å². The minimum atomic E-state index is -3.20. The van der Waals surface area contributed by atoms with Gasteiger partial charge in [-0.3, -0.25) is 0 Å². The molecule has 0 aromatic heterocycles. The topological polar surface area (TPSA) is 76.4 Å². The highest BCUT2D eigenvalue weighted by molar-refractivity contribution is 7.91. The van der Waals surface area contributed by atoms with E-state index >= 15 is 0 Å². The summed E-state index contributed by atoms with van der Waals surface area (Å²) in [6.45, 7) is 0.0834. The molecule has 0 heterocycles. The molecule has 18 heavy (non-hydrogen) atoms. The molecule has 0 aliphatic rings. The van der Waals surface area contributed by atoms with Crippen molar-refractivity contribution in [1.82, 2.24) is 0 Å². The van der Waals surface area contributed by atoms with Gasteiger partial charge in [-0.1, -0.05) is 0 Å². The van der Waals surface area contributed by atoms with Crippen molar-refractivity contribution in [3.63, 3.8) is 0 Å². The van der Waals surface area contributed by atoms with E-state index in [1.165, 1.54) is 0 Å². The van der Waals surface area contributed by atoms with E-state index in [0.717, 1.165) is 0 Å². The number of ether oxygens (including phenoxy) is 2. The fourth-order valence-electron chi connectivity index (χ4n) is 1.26. The summed E-state index contributed by atoms with van der Waals surface area (Å²) in [5.74, 6) is 1.10. The lowest BCUT2D eigenvalue weighted by molar-refractivity contribution is 0.339. The molecule has 0 atom stereocenters. The fourth-order valence-corrected chi connectivity index (χ4v) is 2.21. The lowest BCUT2D eigenvalue weighted by Gasteiger charge is -2.07. The second kappa shape index (κ2) is 6.87. The van der Waals surface area contributed by atoms with Crippen molar-refractivity contribution < 1.29 is 17.9 Å². The summed E-state index contributed by atoms with van der Waals surface area (Å²) >= 11 is 0. The molecule has 98 valence electrons. The van der Waals surface area contributed by atoms with Crippen LogP contribution in [-0.4, -0.2) is 33.6 Å². The van der Waals surface area contributed by atoms with E-state index in [-0.39, 0.29) is 24.5 Å². The lowest BCUT2D eigenvalue weighted by Crippen LogP contribution is -2.16. The van der Waals surface area contributed by atoms with Crippen LogP contribution in [-0.2, 0) is 9.84 Å². The van der Waals surface area contributed by atoms with Gasteiger partial charge in [-0.05, 0) is 24.3 Å². The molecule has 0 unspecified atom stereocenters. The molecule has 1 rings (SSSR count). The Bertz CT molecular complexity index is 502. The van der Waals surface area contributed by atoms with Gasteiger partial charge in [0.15, 0.2) is 9.84 Å². The van der Waals surface area contributed by atoms with Crippen LogP contribution in [0, 0.1) is 11.3 Å².